The summed E-state index contributed by atoms with van der Waals surface area (Å²) in [7, 11) is 4.22. The molecular weight excluding hydrogens is 236 g/mol. The summed E-state index contributed by atoms with van der Waals surface area (Å²) in [5.74, 6) is 1.03. The van der Waals surface area contributed by atoms with E-state index >= 15 is 0 Å². The maximum atomic E-state index is 12.0. The van der Waals surface area contributed by atoms with Gasteiger partial charge in [-0.3, -0.25) is 9.69 Å². The van der Waals surface area contributed by atoms with Crippen LogP contribution in [0.3, 0.4) is 0 Å². The molecule has 19 heavy (non-hydrogen) atoms. The fourth-order valence-electron chi connectivity index (χ4n) is 2.86. The summed E-state index contributed by atoms with van der Waals surface area (Å²) in [5.41, 5.74) is 1.11. The van der Waals surface area contributed by atoms with Gasteiger partial charge in [0.05, 0.1) is 6.54 Å². The molecule has 1 atom stereocenters. The van der Waals surface area contributed by atoms with Crippen LogP contribution in [0.4, 0.5) is 0 Å². The van der Waals surface area contributed by atoms with Gasteiger partial charge < -0.3 is 4.90 Å². The van der Waals surface area contributed by atoms with Crippen LogP contribution in [-0.4, -0.2) is 55.9 Å². The van der Waals surface area contributed by atoms with Crippen molar-refractivity contribution in [2.75, 3.05) is 40.3 Å². The van der Waals surface area contributed by atoms with Crippen LogP contribution >= 0.6 is 0 Å². The second-order valence-electron chi connectivity index (χ2n) is 5.81. The molecule has 1 aliphatic heterocycles. The summed E-state index contributed by atoms with van der Waals surface area (Å²) in [6.45, 7) is 3.95. The predicted octanol–water partition coefficient (Wildman–Crippen LogP) is 1.68. The highest BCUT2D eigenvalue weighted by molar-refractivity contribution is 5.82. The highest BCUT2D eigenvalue weighted by Crippen LogP contribution is 2.15. The summed E-state index contributed by atoms with van der Waals surface area (Å²) in [5, 5.41) is 0. The molecule has 104 valence electrons. The van der Waals surface area contributed by atoms with E-state index in [1.807, 2.05) is 30.3 Å². The Kier molecular flexibility index (Phi) is 5.11. The Bertz CT molecular complexity index is 404. The summed E-state index contributed by atoms with van der Waals surface area (Å²) < 4.78 is 0. The Morgan fingerprint density at radius 1 is 1.37 bits per heavy atom. The first kappa shape index (κ1) is 14.2. The third kappa shape index (κ3) is 4.77. The van der Waals surface area contributed by atoms with Crippen LogP contribution in [0, 0.1) is 5.92 Å². The molecule has 1 saturated heterocycles. The number of likely N-dealkylation sites (N-methyl/N-ethyl adjacent to an activating group) is 1. The zero-order valence-electron chi connectivity index (χ0n) is 12.0. The van der Waals surface area contributed by atoms with E-state index in [4.69, 9.17) is 0 Å². The van der Waals surface area contributed by atoms with E-state index < -0.39 is 0 Å². The van der Waals surface area contributed by atoms with Crippen LogP contribution in [0.1, 0.15) is 12.0 Å². The SMILES string of the molecule is CN1CCC(CN(C)CC(=O)Cc2ccccc2)C1. The molecule has 0 bridgehead atoms. The van der Waals surface area contributed by atoms with Crippen molar-refractivity contribution in [3.05, 3.63) is 35.9 Å². The molecular formula is C16H24N2O. The number of ketones is 1. The van der Waals surface area contributed by atoms with Gasteiger partial charge in [0.25, 0.3) is 0 Å². The first-order valence-corrected chi connectivity index (χ1v) is 7.06. The van der Waals surface area contributed by atoms with Gasteiger partial charge >= 0.3 is 0 Å². The summed E-state index contributed by atoms with van der Waals surface area (Å²) in [4.78, 5) is 16.5. The first-order chi connectivity index (χ1) is 9.13. The van der Waals surface area contributed by atoms with Gasteiger partial charge in [0.2, 0.25) is 0 Å². The lowest BCUT2D eigenvalue weighted by Gasteiger charge is -2.20. The van der Waals surface area contributed by atoms with Crippen molar-refractivity contribution in [1.29, 1.82) is 0 Å². The number of Topliss-reactive ketones (excluding diaryl/α,β-unsaturated/α-hetero) is 1. The number of carbonyl (C=O) groups excluding carboxylic acids is 1. The van der Waals surface area contributed by atoms with Gasteiger partial charge in [-0.05, 0) is 38.5 Å². The number of carbonyl (C=O) groups is 1. The van der Waals surface area contributed by atoms with Gasteiger partial charge in [-0.2, -0.15) is 0 Å². The molecule has 1 aliphatic rings. The zero-order valence-corrected chi connectivity index (χ0v) is 12.0. The van der Waals surface area contributed by atoms with E-state index in [0.29, 0.717) is 18.7 Å². The zero-order chi connectivity index (χ0) is 13.7. The van der Waals surface area contributed by atoms with E-state index in [1.54, 1.807) is 0 Å². The molecule has 0 saturated carbocycles. The lowest BCUT2D eigenvalue weighted by atomic mass is 10.1. The van der Waals surface area contributed by atoms with E-state index in [9.17, 15) is 4.79 Å². The lowest BCUT2D eigenvalue weighted by Crippen LogP contribution is -2.32. The number of rotatable bonds is 6. The van der Waals surface area contributed by atoms with Gasteiger partial charge in [0.15, 0.2) is 5.78 Å². The Morgan fingerprint density at radius 2 is 2.11 bits per heavy atom. The third-order valence-corrected chi connectivity index (χ3v) is 3.75. The van der Waals surface area contributed by atoms with Crippen molar-refractivity contribution in [3.63, 3.8) is 0 Å². The predicted molar refractivity (Wildman–Crippen MR) is 78.3 cm³/mol. The van der Waals surface area contributed by atoms with Crippen LogP contribution in [-0.2, 0) is 11.2 Å². The van der Waals surface area contributed by atoms with Gasteiger partial charge in [-0.1, -0.05) is 30.3 Å². The summed E-state index contributed by atoms with van der Waals surface area (Å²) in [6.07, 6.45) is 1.81. The van der Waals surface area contributed by atoms with Crippen molar-refractivity contribution in [1.82, 2.24) is 9.80 Å². The highest BCUT2D eigenvalue weighted by atomic mass is 16.1. The molecule has 0 radical (unpaired) electrons. The van der Waals surface area contributed by atoms with Crippen molar-refractivity contribution >= 4 is 5.78 Å². The van der Waals surface area contributed by atoms with Gasteiger partial charge in [-0.25, -0.2) is 0 Å². The molecule has 0 amide bonds. The van der Waals surface area contributed by atoms with Crippen molar-refractivity contribution in [2.45, 2.75) is 12.8 Å². The lowest BCUT2D eigenvalue weighted by molar-refractivity contribution is -0.119. The maximum Gasteiger partial charge on any atom is 0.151 e. The van der Waals surface area contributed by atoms with Crippen molar-refractivity contribution in [2.24, 2.45) is 5.92 Å². The monoisotopic (exact) mass is 260 g/mol. The van der Waals surface area contributed by atoms with E-state index in [0.717, 1.165) is 24.6 Å². The van der Waals surface area contributed by atoms with Crippen LogP contribution < -0.4 is 0 Å². The van der Waals surface area contributed by atoms with E-state index in [1.165, 1.54) is 13.0 Å². The molecule has 0 spiro atoms. The maximum absolute atomic E-state index is 12.0. The Balaban J connectivity index is 1.73. The van der Waals surface area contributed by atoms with Crippen LogP contribution in [0.15, 0.2) is 30.3 Å². The molecule has 2 rings (SSSR count). The Hall–Kier alpha value is -1.19. The van der Waals surface area contributed by atoms with Crippen LogP contribution in [0.5, 0.6) is 0 Å². The molecule has 3 nitrogen and oxygen atoms in total. The fraction of sp³-hybridized carbons (Fsp3) is 0.562. The third-order valence-electron chi connectivity index (χ3n) is 3.75. The normalized spacial score (nSPS) is 20.1. The van der Waals surface area contributed by atoms with Crippen LogP contribution in [0.25, 0.3) is 0 Å². The summed E-state index contributed by atoms with van der Waals surface area (Å²) in [6, 6.07) is 9.99. The smallest absolute Gasteiger partial charge is 0.151 e. The second-order valence-corrected chi connectivity index (χ2v) is 5.81. The molecule has 1 heterocycles. The number of hydrogen-bond acceptors (Lipinski definition) is 3. The minimum absolute atomic E-state index is 0.306. The summed E-state index contributed by atoms with van der Waals surface area (Å²) >= 11 is 0. The van der Waals surface area contributed by atoms with Gasteiger partial charge in [-0.15, -0.1) is 0 Å². The number of nitrogens with zero attached hydrogens (tertiary/aromatic N) is 2. The molecule has 0 aromatic heterocycles. The van der Waals surface area contributed by atoms with Crippen molar-refractivity contribution < 1.29 is 4.79 Å². The average Bonchev–Trinajstić information content (AvgIpc) is 2.75. The molecule has 1 aromatic rings. The second kappa shape index (κ2) is 6.83. The largest absolute Gasteiger partial charge is 0.306 e. The molecule has 0 aliphatic carbocycles. The highest BCUT2D eigenvalue weighted by Gasteiger charge is 2.21. The number of benzene rings is 1. The standard InChI is InChI=1S/C16H24N2O/c1-17-9-8-15(11-17)12-18(2)13-16(19)10-14-6-4-3-5-7-14/h3-7,15H,8-13H2,1-2H3. The van der Waals surface area contributed by atoms with Crippen LogP contribution in [0.2, 0.25) is 0 Å². The first-order valence-electron chi connectivity index (χ1n) is 7.06. The molecule has 3 heteroatoms. The minimum atomic E-state index is 0.306. The fourth-order valence-corrected chi connectivity index (χ4v) is 2.86. The Morgan fingerprint density at radius 3 is 2.74 bits per heavy atom. The number of hydrogen-bond donors (Lipinski definition) is 0. The van der Waals surface area contributed by atoms with E-state index in [-0.39, 0.29) is 0 Å². The Labute approximate surface area is 116 Å². The number of likely N-dealkylation sites (tertiary alicyclic amines) is 1. The van der Waals surface area contributed by atoms with E-state index in [2.05, 4.69) is 23.9 Å². The average molecular weight is 260 g/mol. The molecule has 1 fully saturated rings. The minimum Gasteiger partial charge on any atom is -0.306 e. The molecule has 0 N–H and O–H groups in total. The van der Waals surface area contributed by atoms with Crippen molar-refractivity contribution in [3.8, 4) is 0 Å². The van der Waals surface area contributed by atoms with Gasteiger partial charge in [0, 0.05) is 19.5 Å². The van der Waals surface area contributed by atoms with Gasteiger partial charge in [0.1, 0.15) is 0 Å². The molecule has 1 aromatic carbocycles. The topological polar surface area (TPSA) is 23.6 Å². The quantitative estimate of drug-likeness (QED) is 0.777. The molecule has 1 unspecified atom stereocenters.